The Morgan fingerprint density at radius 2 is 1.74 bits per heavy atom. The smallest absolute Gasteiger partial charge is 0.416 e. The van der Waals surface area contributed by atoms with E-state index >= 15 is 0 Å². The SMILES string of the molecule is COc1cccc(CN(C(=O)CN(c2cc(C(F)(F)F)ccc2Cl)S(C)(=O)=O)[C@@H](C)C(=O)NC(C)(C)C)c1. The van der Waals surface area contributed by atoms with Crippen molar-refractivity contribution in [2.75, 3.05) is 24.2 Å². The van der Waals surface area contributed by atoms with Crippen LogP contribution in [0.25, 0.3) is 0 Å². The minimum atomic E-state index is -4.77. The number of hydrogen-bond acceptors (Lipinski definition) is 5. The quantitative estimate of drug-likeness (QED) is 0.475. The fourth-order valence-electron chi connectivity index (χ4n) is 3.50. The predicted molar refractivity (Wildman–Crippen MR) is 140 cm³/mol. The zero-order chi connectivity index (χ0) is 29.1. The molecule has 0 aliphatic rings. The molecular formula is C25H31ClF3N3O5S. The molecule has 210 valence electrons. The third-order valence-electron chi connectivity index (χ3n) is 5.37. The van der Waals surface area contributed by atoms with E-state index in [4.69, 9.17) is 16.3 Å². The van der Waals surface area contributed by atoms with Crippen LogP contribution < -0.4 is 14.4 Å². The largest absolute Gasteiger partial charge is 0.497 e. The van der Waals surface area contributed by atoms with Gasteiger partial charge >= 0.3 is 6.18 Å². The fourth-order valence-corrected chi connectivity index (χ4v) is 4.62. The second-order valence-electron chi connectivity index (χ2n) is 9.72. The normalized spacial score (nSPS) is 13.0. The average molecular weight is 578 g/mol. The Balaban J connectivity index is 2.53. The minimum Gasteiger partial charge on any atom is -0.497 e. The van der Waals surface area contributed by atoms with Crippen LogP contribution in [-0.4, -0.2) is 56.6 Å². The standard InChI is InChI=1S/C25H31ClF3N3O5S/c1-16(23(34)30-24(2,3)4)31(14-17-8-7-9-19(12-17)37-5)22(33)15-32(38(6,35)36)21-13-18(25(27,28)29)10-11-20(21)26/h7-13,16H,14-15H2,1-6H3,(H,30,34)/t16-/m0/s1. The number of carbonyl (C=O) groups excluding carboxylic acids is 2. The van der Waals surface area contributed by atoms with E-state index in [1.165, 1.54) is 14.0 Å². The second-order valence-corrected chi connectivity index (χ2v) is 12.0. The fraction of sp³-hybridized carbons (Fsp3) is 0.440. The lowest BCUT2D eigenvalue weighted by molar-refractivity contribution is -0.140. The van der Waals surface area contributed by atoms with E-state index in [1.807, 2.05) is 0 Å². The summed E-state index contributed by atoms with van der Waals surface area (Å²) in [7, 11) is -2.81. The molecule has 2 aromatic carbocycles. The van der Waals surface area contributed by atoms with Crippen LogP contribution in [0.1, 0.15) is 38.8 Å². The Labute approximate surface area is 225 Å². The Morgan fingerprint density at radius 3 is 2.26 bits per heavy atom. The molecule has 1 N–H and O–H groups in total. The van der Waals surface area contributed by atoms with Gasteiger partial charge in [-0.05, 0) is 63.6 Å². The van der Waals surface area contributed by atoms with Gasteiger partial charge in [-0.25, -0.2) is 8.42 Å². The van der Waals surface area contributed by atoms with Crippen LogP contribution in [0.3, 0.4) is 0 Å². The molecule has 0 spiro atoms. The van der Waals surface area contributed by atoms with Crippen molar-refractivity contribution in [3.05, 3.63) is 58.6 Å². The number of methoxy groups -OCH3 is 1. The number of benzene rings is 2. The number of anilines is 1. The summed E-state index contributed by atoms with van der Waals surface area (Å²) in [4.78, 5) is 27.7. The summed E-state index contributed by atoms with van der Waals surface area (Å²) in [5, 5.41) is 2.48. The molecule has 13 heteroatoms. The number of nitrogens with zero attached hydrogens (tertiary/aromatic N) is 2. The van der Waals surface area contributed by atoms with Crippen molar-refractivity contribution in [1.82, 2.24) is 10.2 Å². The maximum atomic E-state index is 13.6. The zero-order valence-corrected chi connectivity index (χ0v) is 23.5. The van der Waals surface area contributed by atoms with E-state index in [1.54, 1.807) is 45.0 Å². The molecule has 0 radical (unpaired) electrons. The molecule has 0 aliphatic carbocycles. The predicted octanol–water partition coefficient (Wildman–Crippen LogP) is 4.47. The second kappa shape index (κ2) is 11.8. The monoisotopic (exact) mass is 577 g/mol. The maximum absolute atomic E-state index is 13.6. The molecule has 2 amide bonds. The van der Waals surface area contributed by atoms with Crippen LogP contribution in [0.15, 0.2) is 42.5 Å². The number of amides is 2. The van der Waals surface area contributed by atoms with E-state index in [-0.39, 0.29) is 11.6 Å². The number of hydrogen-bond donors (Lipinski definition) is 1. The third kappa shape index (κ3) is 8.52. The van der Waals surface area contributed by atoms with E-state index < -0.39 is 57.4 Å². The molecular weight excluding hydrogens is 547 g/mol. The topological polar surface area (TPSA) is 96.0 Å². The molecule has 8 nitrogen and oxygen atoms in total. The highest BCUT2D eigenvalue weighted by Gasteiger charge is 2.35. The number of alkyl halides is 3. The van der Waals surface area contributed by atoms with Crippen molar-refractivity contribution >= 4 is 39.1 Å². The van der Waals surface area contributed by atoms with Gasteiger partial charge in [0.05, 0.1) is 29.6 Å². The number of carbonyl (C=O) groups is 2. The number of halogens is 4. The van der Waals surface area contributed by atoms with Crippen molar-refractivity contribution in [2.45, 2.75) is 52.0 Å². The highest BCUT2D eigenvalue weighted by atomic mass is 35.5. The number of sulfonamides is 1. The van der Waals surface area contributed by atoms with Crippen molar-refractivity contribution in [3.8, 4) is 5.75 Å². The zero-order valence-electron chi connectivity index (χ0n) is 21.9. The molecule has 0 heterocycles. The summed E-state index contributed by atoms with van der Waals surface area (Å²) in [6.07, 6.45) is -4.02. The summed E-state index contributed by atoms with van der Waals surface area (Å²) in [5.74, 6) is -0.838. The number of rotatable bonds is 9. The molecule has 0 bridgehead atoms. The van der Waals surface area contributed by atoms with E-state index in [0.29, 0.717) is 27.8 Å². The van der Waals surface area contributed by atoms with Gasteiger partial charge in [-0.1, -0.05) is 23.7 Å². The van der Waals surface area contributed by atoms with Gasteiger partial charge in [0.1, 0.15) is 18.3 Å². The maximum Gasteiger partial charge on any atom is 0.416 e. The van der Waals surface area contributed by atoms with Crippen LogP contribution in [0.5, 0.6) is 5.75 Å². The van der Waals surface area contributed by atoms with Crippen LogP contribution in [0, 0.1) is 0 Å². The first-order valence-electron chi connectivity index (χ1n) is 11.4. The van der Waals surface area contributed by atoms with Gasteiger partial charge in [-0.2, -0.15) is 13.2 Å². The first-order valence-corrected chi connectivity index (χ1v) is 13.6. The summed E-state index contributed by atoms with van der Waals surface area (Å²) in [6, 6.07) is 7.83. The van der Waals surface area contributed by atoms with E-state index in [9.17, 15) is 31.2 Å². The highest BCUT2D eigenvalue weighted by molar-refractivity contribution is 7.92. The molecule has 0 aromatic heterocycles. The lowest BCUT2D eigenvalue weighted by atomic mass is 10.1. The van der Waals surface area contributed by atoms with Crippen molar-refractivity contribution in [1.29, 1.82) is 0 Å². The van der Waals surface area contributed by atoms with Gasteiger partial charge in [0.15, 0.2) is 0 Å². The summed E-state index contributed by atoms with van der Waals surface area (Å²) in [6.45, 7) is 5.74. The molecule has 2 aromatic rings. The van der Waals surface area contributed by atoms with Gasteiger partial charge in [-0.3, -0.25) is 13.9 Å². The molecule has 2 rings (SSSR count). The van der Waals surface area contributed by atoms with Gasteiger partial charge in [0.25, 0.3) is 0 Å². The van der Waals surface area contributed by atoms with Crippen molar-refractivity contribution < 1.29 is 35.9 Å². The summed E-state index contributed by atoms with van der Waals surface area (Å²) in [5.41, 5.74) is -1.69. The van der Waals surface area contributed by atoms with Crippen LogP contribution >= 0.6 is 11.6 Å². The first kappa shape index (κ1) is 31.2. The third-order valence-corrected chi connectivity index (χ3v) is 6.82. The Kier molecular flexibility index (Phi) is 9.71. The molecule has 0 fully saturated rings. The molecule has 0 saturated heterocycles. The highest BCUT2D eigenvalue weighted by Crippen LogP contribution is 2.36. The van der Waals surface area contributed by atoms with E-state index in [2.05, 4.69) is 5.32 Å². The average Bonchev–Trinajstić information content (AvgIpc) is 2.78. The van der Waals surface area contributed by atoms with E-state index in [0.717, 1.165) is 17.2 Å². The van der Waals surface area contributed by atoms with Gasteiger partial charge < -0.3 is 15.0 Å². The van der Waals surface area contributed by atoms with Gasteiger partial charge in [-0.15, -0.1) is 0 Å². The molecule has 0 unspecified atom stereocenters. The summed E-state index contributed by atoms with van der Waals surface area (Å²) < 4.78 is 71.1. The lowest BCUT2D eigenvalue weighted by Crippen LogP contribution is -2.54. The molecule has 0 aliphatic heterocycles. The number of ether oxygens (including phenoxy) is 1. The minimum absolute atomic E-state index is 0.108. The van der Waals surface area contributed by atoms with Crippen molar-refractivity contribution in [2.24, 2.45) is 0 Å². The molecule has 1 atom stereocenters. The Morgan fingerprint density at radius 1 is 1.11 bits per heavy atom. The van der Waals surface area contributed by atoms with Gasteiger partial charge in [0, 0.05) is 12.1 Å². The Hall–Kier alpha value is -2.99. The molecule has 38 heavy (non-hydrogen) atoms. The Bertz CT molecular complexity index is 1280. The van der Waals surface area contributed by atoms with Crippen LogP contribution in [0.4, 0.5) is 18.9 Å². The molecule has 0 saturated carbocycles. The van der Waals surface area contributed by atoms with Crippen LogP contribution in [0.2, 0.25) is 5.02 Å². The summed E-state index contributed by atoms with van der Waals surface area (Å²) >= 11 is 6.08. The van der Waals surface area contributed by atoms with Gasteiger partial charge in [0.2, 0.25) is 21.8 Å². The first-order chi connectivity index (χ1) is 17.3. The number of nitrogens with one attached hydrogen (secondary N) is 1. The lowest BCUT2D eigenvalue weighted by Gasteiger charge is -2.33. The van der Waals surface area contributed by atoms with Crippen LogP contribution in [-0.2, 0) is 32.3 Å². The van der Waals surface area contributed by atoms with Crippen molar-refractivity contribution in [3.63, 3.8) is 0 Å².